The molecule has 0 spiro atoms. The average molecular weight is 317 g/mol. The van der Waals surface area contributed by atoms with Gasteiger partial charge in [-0.25, -0.2) is 4.98 Å². The third kappa shape index (κ3) is 3.64. The van der Waals surface area contributed by atoms with Crippen LogP contribution < -0.4 is 0 Å². The summed E-state index contributed by atoms with van der Waals surface area (Å²) in [4.78, 5) is 22.3. The summed E-state index contributed by atoms with van der Waals surface area (Å²) in [5.74, 6) is 2.80. The maximum Gasteiger partial charge on any atom is 0.223 e. The fraction of sp³-hybridized carbons (Fsp3) is 0.529. The molecule has 1 saturated heterocycles. The van der Waals surface area contributed by atoms with Crippen LogP contribution >= 0.6 is 11.8 Å². The molecule has 0 saturated carbocycles. The van der Waals surface area contributed by atoms with Crippen molar-refractivity contribution in [2.45, 2.75) is 25.7 Å². The normalized spacial score (nSPS) is 18.8. The summed E-state index contributed by atoms with van der Waals surface area (Å²) in [6.45, 7) is 1.80. The van der Waals surface area contributed by atoms with Crippen molar-refractivity contribution in [3.8, 4) is 0 Å². The van der Waals surface area contributed by atoms with Crippen LogP contribution in [0.1, 0.15) is 25.1 Å². The summed E-state index contributed by atoms with van der Waals surface area (Å²) in [7, 11) is 0. The number of hydrogen-bond acceptors (Lipinski definition) is 3. The van der Waals surface area contributed by atoms with E-state index >= 15 is 0 Å². The Balaban J connectivity index is 1.61. The Morgan fingerprint density at radius 1 is 1.45 bits per heavy atom. The maximum absolute atomic E-state index is 12.2. The Morgan fingerprint density at radius 3 is 3.14 bits per heavy atom. The van der Waals surface area contributed by atoms with E-state index in [1.54, 1.807) is 11.8 Å². The Morgan fingerprint density at radius 2 is 2.32 bits per heavy atom. The number of nitrogens with one attached hydrogen (secondary N) is 1. The molecule has 4 nitrogen and oxygen atoms in total. The summed E-state index contributed by atoms with van der Waals surface area (Å²) in [5, 5.41) is 0. The van der Waals surface area contributed by atoms with Gasteiger partial charge < -0.3 is 9.88 Å². The Kier molecular flexibility index (Phi) is 5.03. The molecule has 22 heavy (non-hydrogen) atoms. The summed E-state index contributed by atoms with van der Waals surface area (Å²) in [6.07, 6.45) is 5.94. The number of rotatable bonds is 5. The first kappa shape index (κ1) is 15.4. The minimum Gasteiger partial charge on any atom is -0.342 e. The number of aromatic amines is 1. The molecule has 1 aromatic heterocycles. The molecule has 1 aromatic carbocycles. The molecular formula is C17H23N3OS. The first-order chi connectivity index (χ1) is 10.8. The van der Waals surface area contributed by atoms with Gasteiger partial charge in [-0.2, -0.15) is 11.8 Å². The van der Waals surface area contributed by atoms with Gasteiger partial charge in [-0.3, -0.25) is 4.79 Å². The predicted molar refractivity (Wildman–Crippen MR) is 92.1 cm³/mol. The monoisotopic (exact) mass is 317 g/mol. The Bertz CT molecular complexity index is 607. The van der Waals surface area contributed by atoms with Crippen molar-refractivity contribution < 1.29 is 4.79 Å². The van der Waals surface area contributed by atoms with Gasteiger partial charge in [-0.1, -0.05) is 12.1 Å². The smallest absolute Gasteiger partial charge is 0.223 e. The number of piperidine rings is 1. The van der Waals surface area contributed by atoms with Crippen LogP contribution in [-0.4, -0.2) is 45.9 Å². The third-order valence-corrected chi connectivity index (χ3v) is 4.92. The highest BCUT2D eigenvalue weighted by Gasteiger charge is 2.24. The molecule has 118 valence electrons. The lowest BCUT2D eigenvalue weighted by molar-refractivity contribution is -0.132. The molecule has 1 atom stereocenters. The van der Waals surface area contributed by atoms with E-state index in [1.807, 2.05) is 29.4 Å². The van der Waals surface area contributed by atoms with Crippen molar-refractivity contribution in [2.24, 2.45) is 5.92 Å². The van der Waals surface area contributed by atoms with Crippen molar-refractivity contribution in [1.82, 2.24) is 14.9 Å². The number of likely N-dealkylation sites (tertiary alicyclic amines) is 1. The number of imidazole rings is 1. The van der Waals surface area contributed by atoms with Crippen molar-refractivity contribution in [1.29, 1.82) is 0 Å². The zero-order chi connectivity index (χ0) is 15.4. The topological polar surface area (TPSA) is 49.0 Å². The van der Waals surface area contributed by atoms with Crippen molar-refractivity contribution in [3.05, 3.63) is 30.1 Å². The number of carbonyl (C=O) groups excluding carboxylic acids is 1. The van der Waals surface area contributed by atoms with E-state index in [0.717, 1.165) is 48.5 Å². The Labute approximate surface area is 135 Å². The molecule has 0 radical (unpaired) electrons. The van der Waals surface area contributed by atoms with Gasteiger partial charge in [0, 0.05) is 31.7 Å². The van der Waals surface area contributed by atoms with E-state index in [1.165, 1.54) is 6.42 Å². The number of carbonyl (C=O) groups is 1. The standard InChI is InChI=1S/C17H23N3OS/c1-22-10-8-17(21)20-9-4-5-13(12-20)11-16-18-14-6-2-3-7-15(14)19-16/h2-3,6-7,13H,4-5,8-12H2,1H3,(H,18,19)/t13-/m1/s1. The van der Waals surface area contributed by atoms with Crippen molar-refractivity contribution >= 4 is 28.7 Å². The van der Waals surface area contributed by atoms with Gasteiger partial charge in [-0.05, 0) is 37.1 Å². The zero-order valence-electron chi connectivity index (χ0n) is 13.0. The van der Waals surface area contributed by atoms with E-state index < -0.39 is 0 Å². The highest BCUT2D eigenvalue weighted by Crippen LogP contribution is 2.22. The first-order valence-electron chi connectivity index (χ1n) is 7.96. The Hall–Kier alpha value is -1.49. The summed E-state index contributed by atoms with van der Waals surface area (Å²) in [6, 6.07) is 8.14. The molecule has 2 heterocycles. The van der Waals surface area contributed by atoms with Crippen LogP contribution in [-0.2, 0) is 11.2 Å². The number of nitrogens with zero attached hydrogens (tertiary/aromatic N) is 2. The number of benzene rings is 1. The van der Waals surface area contributed by atoms with Gasteiger partial charge >= 0.3 is 0 Å². The second-order valence-electron chi connectivity index (χ2n) is 6.00. The van der Waals surface area contributed by atoms with Crippen LogP contribution in [0, 0.1) is 5.92 Å². The molecule has 0 unspecified atom stereocenters. The van der Waals surface area contributed by atoms with Crippen LogP contribution in [0.3, 0.4) is 0 Å². The number of H-pyrrole nitrogens is 1. The van der Waals surface area contributed by atoms with E-state index in [-0.39, 0.29) is 0 Å². The van der Waals surface area contributed by atoms with Gasteiger partial charge in [0.2, 0.25) is 5.91 Å². The maximum atomic E-state index is 12.2. The summed E-state index contributed by atoms with van der Waals surface area (Å²) >= 11 is 1.74. The number of para-hydroxylation sites is 2. The van der Waals surface area contributed by atoms with E-state index in [2.05, 4.69) is 16.0 Å². The quantitative estimate of drug-likeness (QED) is 0.922. The van der Waals surface area contributed by atoms with Gasteiger partial charge in [0.25, 0.3) is 0 Å². The van der Waals surface area contributed by atoms with Gasteiger partial charge in [-0.15, -0.1) is 0 Å². The van der Waals surface area contributed by atoms with Crippen molar-refractivity contribution in [3.63, 3.8) is 0 Å². The fourth-order valence-corrected chi connectivity index (χ4v) is 3.56. The largest absolute Gasteiger partial charge is 0.342 e. The highest BCUT2D eigenvalue weighted by atomic mass is 32.2. The average Bonchev–Trinajstić information content (AvgIpc) is 2.95. The second kappa shape index (κ2) is 7.18. The molecule has 1 amide bonds. The fourth-order valence-electron chi connectivity index (χ4n) is 3.18. The van der Waals surface area contributed by atoms with Crippen LogP contribution in [0.2, 0.25) is 0 Å². The highest BCUT2D eigenvalue weighted by molar-refractivity contribution is 7.98. The lowest BCUT2D eigenvalue weighted by Gasteiger charge is -2.32. The number of thioether (sulfide) groups is 1. The molecular weight excluding hydrogens is 294 g/mol. The van der Waals surface area contributed by atoms with E-state index in [4.69, 9.17) is 0 Å². The van der Waals surface area contributed by atoms with Gasteiger partial charge in [0.1, 0.15) is 5.82 Å². The number of fused-ring (bicyclic) bond motifs is 1. The zero-order valence-corrected chi connectivity index (χ0v) is 13.9. The number of aromatic nitrogens is 2. The molecule has 3 rings (SSSR count). The summed E-state index contributed by atoms with van der Waals surface area (Å²) < 4.78 is 0. The van der Waals surface area contributed by atoms with E-state index in [0.29, 0.717) is 18.2 Å². The molecule has 1 aliphatic rings. The van der Waals surface area contributed by atoms with Crippen LogP contribution in [0.15, 0.2) is 24.3 Å². The SMILES string of the molecule is CSCCC(=O)N1CCC[C@H](Cc2nc3ccccc3[nH]2)C1. The lowest BCUT2D eigenvalue weighted by Crippen LogP contribution is -2.40. The van der Waals surface area contributed by atoms with Crippen LogP contribution in [0.5, 0.6) is 0 Å². The number of amides is 1. The first-order valence-corrected chi connectivity index (χ1v) is 9.36. The third-order valence-electron chi connectivity index (χ3n) is 4.31. The molecule has 5 heteroatoms. The summed E-state index contributed by atoms with van der Waals surface area (Å²) in [5.41, 5.74) is 2.13. The van der Waals surface area contributed by atoms with Gasteiger partial charge in [0.05, 0.1) is 11.0 Å². The number of hydrogen-bond donors (Lipinski definition) is 1. The minimum atomic E-state index is 0.309. The van der Waals surface area contributed by atoms with Gasteiger partial charge in [0.15, 0.2) is 0 Å². The van der Waals surface area contributed by atoms with Crippen LogP contribution in [0.25, 0.3) is 11.0 Å². The minimum absolute atomic E-state index is 0.309. The van der Waals surface area contributed by atoms with E-state index in [9.17, 15) is 4.79 Å². The molecule has 1 fully saturated rings. The van der Waals surface area contributed by atoms with Crippen LogP contribution in [0.4, 0.5) is 0 Å². The molecule has 1 aliphatic heterocycles. The molecule has 0 bridgehead atoms. The molecule has 0 aliphatic carbocycles. The molecule has 2 aromatic rings. The second-order valence-corrected chi connectivity index (χ2v) is 6.98. The predicted octanol–water partition coefficient (Wildman–Crippen LogP) is 3.10. The lowest BCUT2D eigenvalue weighted by atomic mass is 9.94. The molecule has 1 N–H and O–H groups in total. The van der Waals surface area contributed by atoms with Crippen molar-refractivity contribution in [2.75, 3.05) is 25.1 Å².